The SMILES string of the molecule is CC(c1ccccc1)N1C(=O)/C(=C/c2ccc(OCCN3CCOCC3)cc2)NC1=S. The van der Waals surface area contributed by atoms with Crippen LogP contribution in [0.2, 0.25) is 0 Å². The van der Waals surface area contributed by atoms with Gasteiger partial charge < -0.3 is 14.8 Å². The third-order valence-electron chi connectivity index (χ3n) is 5.55. The minimum Gasteiger partial charge on any atom is -0.492 e. The predicted octanol–water partition coefficient (Wildman–Crippen LogP) is 3.22. The molecule has 0 bridgehead atoms. The molecule has 0 aliphatic carbocycles. The Morgan fingerprint density at radius 2 is 1.84 bits per heavy atom. The summed E-state index contributed by atoms with van der Waals surface area (Å²) in [6, 6.07) is 17.5. The Balaban J connectivity index is 1.36. The number of nitrogens with one attached hydrogen (secondary N) is 1. The number of carbonyl (C=O) groups is 1. The number of hydrogen-bond acceptors (Lipinski definition) is 5. The molecule has 0 aromatic heterocycles. The number of thiocarbonyl (C=S) groups is 1. The van der Waals surface area contributed by atoms with E-state index in [9.17, 15) is 4.79 Å². The highest BCUT2D eigenvalue weighted by Crippen LogP contribution is 2.26. The molecule has 7 heteroatoms. The average Bonchev–Trinajstić information content (AvgIpc) is 3.08. The van der Waals surface area contributed by atoms with Gasteiger partial charge in [-0.05, 0) is 48.5 Å². The number of hydrogen-bond donors (Lipinski definition) is 1. The average molecular weight is 438 g/mol. The summed E-state index contributed by atoms with van der Waals surface area (Å²) in [5.41, 5.74) is 2.43. The number of ether oxygens (including phenoxy) is 2. The van der Waals surface area contributed by atoms with Crippen LogP contribution in [0.3, 0.4) is 0 Å². The van der Waals surface area contributed by atoms with Gasteiger partial charge in [0.25, 0.3) is 5.91 Å². The van der Waals surface area contributed by atoms with E-state index in [1.54, 1.807) is 4.90 Å². The molecule has 4 rings (SSSR count). The fraction of sp³-hybridized carbons (Fsp3) is 0.333. The Bertz CT molecular complexity index is 940. The van der Waals surface area contributed by atoms with E-state index < -0.39 is 0 Å². The maximum absolute atomic E-state index is 13.0. The van der Waals surface area contributed by atoms with Gasteiger partial charge in [0.1, 0.15) is 18.1 Å². The number of amides is 1. The Morgan fingerprint density at radius 3 is 2.55 bits per heavy atom. The van der Waals surface area contributed by atoms with Crippen LogP contribution in [-0.4, -0.2) is 60.3 Å². The number of nitrogens with zero attached hydrogens (tertiary/aromatic N) is 2. The molecule has 6 nitrogen and oxygen atoms in total. The van der Waals surface area contributed by atoms with Gasteiger partial charge in [-0.25, -0.2) is 0 Å². The first kappa shape index (κ1) is 21.5. The van der Waals surface area contributed by atoms with Crippen molar-refractivity contribution in [2.24, 2.45) is 0 Å². The number of carbonyl (C=O) groups excluding carboxylic acids is 1. The summed E-state index contributed by atoms with van der Waals surface area (Å²) in [5, 5.41) is 3.49. The zero-order valence-electron chi connectivity index (χ0n) is 17.6. The van der Waals surface area contributed by atoms with Gasteiger partial charge in [-0.2, -0.15) is 0 Å². The van der Waals surface area contributed by atoms with E-state index in [1.165, 1.54) is 0 Å². The second kappa shape index (κ2) is 10.0. The first-order valence-corrected chi connectivity index (χ1v) is 11.0. The van der Waals surface area contributed by atoms with Crippen LogP contribution >= 0.6 is 12.2 Å². The van der Waals surface area contributed by atoms with Crippen molar-refractivity contribution in [2.45, 2.75) is 13.0 Å². The summed E-state index contributed by atoms with van der Waals surface area (Å²) in [6.45, 7) is 7.01. The summed E-state index contributed by atoms with van der Waals surface area (Å²) in [7, 11) is 0. The number of rotatable bonds is 7. The third kappa shape index (κ3) is 5.31. The van der Waals surface area contributed by atoms with Crippen LogP contribution in [-0.2, 0) is 9.53 Å². The quantitative estimate of drug-likeness (QED) is 0.530. The number of morpholine rings is 1. The summed E-state index contributed by atoms with van der Waals surface area (Å²) in [5.74, 6) is 0.697. The minimum absolute atomic E-state index is 0.118. The van der Waals surface area contributed by atoms with Crippen LogP contribution < -0.4 is 10.1 Å². The van der Waals surface area contributed by atoms with Gasteiger partial charge in [0.2, 0.25) is 0 Å². The molecule has 2 fully saturated rings. The van der Waals surface area contributed by atoms with E-state index in [0.717, 1.165) is 49.7 Å². The van der Waals surface area contributed by atoms with Gasteiger partial charge in [-0.1, -0.05) is 42.5 Å². The molecule has 1 amide bonds. The molecule has 1 unspecified atom stereocenters. The lowest BCUT2D eigenvalue weighted by molar-refractivity contribution is -0.123. The molecule has 2 heterocycles. The van der Waals surface area contributed by atoms with Crippen molar-refractivity contribution in [1.29, 1.82) is 0 Å². The maximum atomic E-state index is 13.0. The fourth-order valence-electron chi connectivity index (χ4n) is 3.73. The van der Waals surface area contributed by atoms with Crippen LogP contribution in [0.15, 0.2) is 60.3 Å². The largest absolute Gasteiger partial charge is 0.492 e. The molecule has 0 radical (unpaired) electrons. The fourth-order valence-corrected chi connectivity index (χ4v) is 4.08. The molecule has 2 aliphatic heterocycles. The zero-order chi connectivity index (χ0) is 21.6. The van der Waals surface area contributed by atoms with Gasteiger partial charge >= 0.3 is 0 Å². The van der Waals surface area contributed by atoms with Crippen LogP contribution in [0.4, 0.5) is 0 Å². The van der Waals surface area contributed by atoms with Gasteiger partial charge in [-0.3, -0.25) is 14.6 Å². The minimum atomic E-state index is -0.137. The Labute approximate surface area is 188 Å². The van der Waals surface area contributed by atoms with Crippen LogP contribution in [0, 0.1) is 0 Å². The molecule has 2 aromatic carbocycles. The van der Waals surface area contributed by atoms with E-state index in [1.807, 2.05) is 67.6 Å². The molecule has 2 aromatic rings. The second-order valence-corrected chi connectivity index (χ2v) is 8.01. The van der Waals surface area contributed by atoms with Gasteiger partial charge in [0.15, 0.2) is 5.11 Å². The molecule has 1 atom stereocenters. The van der Waals surface area contributed by atoms with E-state index >= 15 is 0 Å². The molecule has 2 saturated heterocycles. The monoisotopic (exact) mass is 437 g/mol. The molecular weight excluding hydrogens is 410 g/mol. The summed E-state index contributed by atoms with van der Waals surface area (Å²) >= 11 is 5.43. The highest BCUT2D eigenvalue weighted by molar-refractivity contribution is 7.80. The standard InChI is InChI=1S/C24H27N3O3S/c1-18(20-5-3-2-4-6-20)27-23(28)22(25-24(27)31)17-19-7-9-21(10-8-19)30-16-13-26-11-14-29-15-12-26/h2-10,17-18H,11-16H2,1H3,(H,25,31)/b22-17-. The topological polar surface area (TPSA) is 54.0 Å². The lowest BCUT2D eigenvalue weighted by Gasteiger charge is -2.26. The molecule has 1 N–H and O–H groups in total. The van der Waals surface area contributed by atoms with E-state index in [4.69, 9.17) is 21.7 Å². The first-order valence-electron chi connectivity index (χ1n) is 10.6. The van der Waals surface area contributed by atoms with Crippen molar-refractivity contribution in [3.05, 3.63) is 71.4 Å². The van der Waals surface area contributed by atoms with E-state index in [-0.39, 0.29) is 11.9 Å². The van der Waals surface area contributed by atoms with Crippen LogP contribution in [0.25, 0.3) is 6.08 Å². The highest BCUT2D eigenvalue weighted by Gasteiger charge is 2.34. The van der Waals surface area contributed by atoms with E-state index in [0.29, 0.717) is 17.4 Å². The van der Waals surface area contributed by atoms with Crippen LogP contribution in [0.5, 0.6) is 5.75 Å². The Hall–Kier alpha value is -2.74. The lowest BCUT2D eigenvalue weighted by Crippen LogP contribution is -2.38. The van der Waals surface area contributed by atoms with E-state index in [2.05, 4.69) is 10.2 Å². The molecule has 31 heavy (non-hydrogen) atoms. The second-order valence-electron chi connectivity index (χ2n) is 7.62. The number of benzene rings is 2. The van der Waals surface area contributed by atoms with Crippen molar-refractivity contribution in [3.63, 3.8) is 0 Å². The van der Waals surface area contributed by atoms with Gasteiger partial charge in [0.05, 0.1) is 19.3 Å². The molecule has 0 saturated carbocycles. The predicted molar refractivity (Wildman–Crippen MR) is 125 cm³/mol. The van der Waals surface area contributed by atoms with Gasteiger partial charge in [0, 0.05) is 19.6 Å². The normalized spacial score (nSPS) is 19.5. The summed E-state index contributed by atoms with van der Waals surface area (Å²) in [4.78, 5) is 16.9. The Morgan fingerprint density at radius 1 is 1.13 bits per heavy atom. The molecule has 0 spiro atoms. The summed E-state index contributed by atoms with van der Waals surface area (Å²) in [6.07, 6.45) is 1.82. The van der Waals surface area contributed by atoms with Crippen molar-refractivity contribution in [2.75, 3.05) is 39.5 Å². The first-order chi connectivity index (χ1) is 15.1. The van der Waals surface area contributed by atoms with Crippen molar-refractivity contribution >= 4 is 29.3 Å². The lowest BCUT2D eigenvalue weighted by atomic mass is 10.1. The van der Waals surface area contributed by atoms with Crippen molar-refractivity contribution < 1.29 is 14.3 Å². The highest BCUT2D eigenvalue weighted by atomic mass is 32.1. The zero-order valence-corrected chi connectivity index (χ0v) is 18.4. The summed E-state index contributed by atoms with van der Waals surface area (Å²) < 4.78 is 11.2. The van der Waals surface area contributed by atoms with Crippen molar-refractivity contribution in [3.8, 4) is 5.75 Å². The van der Waals surface area contributed by atoms with Crippen LogP contribution in [0.1, 0.15) is 24.1 Å². The Kier molecular flexibility index (Phi) is 6.96. The molecule has 2 aliphatic rings. The third-order valence-corrected chi connectivity index (χ3v) is 5.85. The van der Waals surface area contributed by atoms with Crippen molar-refractivity contribution in [1.82, 2.24) is 15.1 Å². The van der Waals surface area contributed by atoms with Gasteiger partial charge in [-0.15, -0.1) is 0 Å². The molecule has 162 valence electrons. The maximum Gasteiger partial charge on any atom is 0.277 e. The smallest absolute Gasteiger partial charge is 0.277 e. The molecular formula is C24H27N3O3S.